The molecule has 1 aromatic rings. The molecule has 0 amide bonds. The van der Waals surface area contributed by atoms with Gasteiger partial charge in [0.15, 0.2) is 0 Å². The maximum Gasteiger partial charge on any atom is 0.130 e. The van der Waals surface area contributed by atoms with Crippen LogP contribution in [0.5, 0.6) is 0 Å². The molecule has 3 atom stereocenters. The number of nitrogens with one attached hydrogen (secondary N) is 1. The van der Waals surface area contributed by atoms with Gasteiger partial charge in [-0.05, 0) is 37.4 Å². The predicted octanol–water partition coefficient (Wildman–Crippen LogP) is 3.66. The van der Waals surface area contributed by atoms with E-state index in [2.05, 4.69) is 12.2 Å². The van der Waals surface area contributed by atoms with Gasteiger partial charge in [0.2, 0.25) is 0 Å². The minimum absolute atomic E-state index is 0.203. The van der Waals surface area contributed by atoms with Crippen molar-refractivity contribution in [3.8, 4) is 0 Å². The smallest absolute Gasteiger partial charge is 0.130 e. The Bertz CT molecular complexity index is 372. The van der Waals surface area contributed by atoms with Crippen molar-refractivity contribution in [2.24, 2.45) is 11.8 Å². The first-order valence-corrected chi connectivity index (χ1v) is 6.26. The van der Waals surface area contributed by atoms with Crippen LogP contribution in [0.15, 0.2) is 18.2 Å². The summed E-state index contributed by atoms with van der Waals surface area (Å²) in [4.78, 5) is 0. The van der Waals surface area contributed by atoms with E-state index in [9.17, 15) is 8.78 Å². The van der Waals surface area contributed by atoms with Crippen LogP contribution in [0.25, 0.3) is 0 Å². The van der Waals surface area contributed by atoms with E-state index in [0.29, 0.717) is 11.8 Å². The fourth-order valence-electron chi connectivity index (χ4n) is 3.05. The molecule has 0 spiro atoms. The Labute approximate surface area is 101 Å². The van der Waals surface area contributed by atoms with Gasteiger partial charge in [-0.1, -0.05) is 25.8 Å². The zero-order valence-electron chi connectivity index (χ0n) is 10.3. The summed E-state index contributed by atoms with van der Waals surface area (Å²) in [5.41, 5.74) is 0.203. The number of halogens is 2. The summed E-state index contributed by atoms with van der Waals surface area (Å²) in [6.45, 7) is 2.17. The molecule has 0 heterocycles. The van der Waals surface area contributed by atoms with Crippen molar-refractivity contribution in [1.29, 1.82) is 0 Å². The Morgan fingerprint density at radius 2 is 1.88 bits per heavy atom. The van der Waals surface area contributed by atoms with Gasteiger partial charge in [0.25, 0.3) is 0 Å². The minimum Gasteiger partial charge on any atom is -0.313 e. The lowest BCUT2D eigenvalue weighted by Crippen LogP contribution is -2.28. The second-order valence-electron chi connectivity index (χ2n) is 4.97. The van der Waals surface area contributed by atoms with Crippen LogP contribution in [0.4, 0.5) is 8.78 Å². The van der Waals surface area contributed by atoms with E-state index in [1.165, 1.54) is 18.2 Å². The molecular weight excluding hydrogens is 220 g/mol. The van der Waals surface area contributed by atoms with Crippen molar-refractivity contribution in [2.75, 3.05) is 7.05 Å². The summed E-state index contributed by atoms with van der Waals surface area (Å²) in [7, 11) is 1.78. The largest absolute Gasteiger partial charge is 0.313 e. The molecule has 1 N–H and O–H groups in total. The van der Waals surface area contributed by atoms with Gasteiger partial charge in [-0.2, -0.15) is 0 Å². The van der Waals surface area contributed by atoms with Gasteiger partial charge in [0, 0.05) is 11.6 Å². The quantitative estimate of drug-likeness (QED) is 0.848. The standard InChI is InChI=1S/C14H19F2N/c1-9-5-3-6-10(9)14(17-2)13-11(15)7-4-8-12(13)16/h4,7-10,14,17H,3,5-6H2,1-2H3. The first kappa shape index (κ1) is 12.5. The van der Waals surface area contributed by atoms with Crippen molar-refractivity contribution in [1.82, 2.24) is 5.32 Å². The van der Waals surface area contributed by atoms with Crippen LogP contribution in [0, 0.1) is 23.5 Å². The van der Waals surface area contributed by atoms with Crippen molar-refractivity contribution in [3.63, 3.8) is 0 Å². The number of benzene rings is 1. The summed E-state index contributed by atoms with van der Waals surface area (Å²) in [5.74, 6) is -0.0373. The van der Waals surface area contributed by atoms with Crippen LogP contribution in [-0.2, 0) is 0 Å². The van der Waals surface area contributed by atoms with Crippen LogP contribution in [0.1, 0.15) is 37.8 Å². The monoisotopic (exact) mass is 239 g/mol. The van der Waals surface area contributed by atoms with Crippen molar-refractivity contribution >= 4 is 0 Å². The van der Waals surface area contributed by atoms with Crippen molar-refractivity contribution in [3.05, 3.63) is 35.4 Å². The Balaban J connectivity index is 2.35. The number of hydrogen-bond acceptors (Lipinski definition) is 1. The topological polar surface area (TPSA) is 12.0 Å². The van der Waals surface area contributed by atoms with E-state index in [1.54, 1.807) is 7.05 Å². The summed E-state index contributed by atoms with van der Waals surface area (Å²) >= 11 is 0. The molecule has 1 fully saturated rings. The molecule has 3 unspecified atom stereocenters. The first-order chi connectivity index (χ1) is 8.15. The molecule has 0 aliphatic heterocycles. The Morgan fingerprint density at radius 1 is 1.24 bits per heavy atom. The molecule has 0 saturated heterocycles. The third-order valence-corrected chi connectivity index (χ3v) is 3.98. The van der Waals surface area contributed by atoms with E-state index in [-0.39, 0.29) is 11.6 Å². The second-order valence-corrected chi connectivity index (χ2v) is 4.97. The third-order valence-electron chi connectivity index (χ3n) is 3.98. The Morgan fingerprint density at radius 3 is 2.35 bits per heavy atom. The molecule has 1 aromatic carbocycles. The van der Waals surface area contributed by atoms with Gasteiger partial charge in [0.05, 0.1) is 0 Å². The molecule has 1 aliphatic rings. The predicted molar refractivity (Wildman–Crippen MR) is 64.7 cm³/mol. The van der Waals surface area contributed by atoms with E-state index in [0.717, 1.165) is 19.3 Å². The van der Waals surface area contributed by atoms with Gasteiger partial charge < -0.3 is 5.32 Å². The van der Waals surface area contributed by atoms with Gasteiger partial charge in [-0.15, -0.1) is 0 Å². The molecule has 0 radical (unpaired) electrons. The lowest BCUT2D eigenvalue weighted by molar-refractivity contribution is 0.301. The van der Waals surface area contributed by atoms with Crippen LogP contribution in [0.3, 0.4) is 0 Å². The minimum atomic E-state index is -0.441. The van der Waals surface area contributed by atoms with Crippen molar-refractivity contribution < 1.29 is 8.78 Å². The van der Waals surface area contributed by atoms with Crippen molar-refractivity contribution in [2.45, 2.75) is 32.2 Å². The Kier molecular flexibility index (Phi) is 3.77. The fourth-order valence-corrected chi connectivity index (χ4v) is 3.05. The zero-order chi connectivity index (χ0) is 12.4. The second kappa shape index (κ2) is 5.13. The van der Waals surface area contributed by atoms with E-state index < -0.39 is 11.6 Å². The van der Waals surface area contributed by atoms with Crippen LogP contribution >= 0.6 is 0 Å². The van der Waals surface area contributed by atoms with E-state index >= 15 is 0 Å². The van der Waals surface area contributed by atoms with Gasteiger partial charge in [0.1, 0.15) is 11.6 Å². The first-order valence-electron chi connectivity index (χ1n) is 6.26. The highest BCUT2D eigenvalue weighted by Crippen LogP contribution is 2.41. The normalized spacial score (nSPS) is 26.1. The number of hydrogen-bond donors (Lipinski definition) is 1. The number of rotatable bonds is 3. The molecule has 1 aliphatic carbocycles. The molecule has 2 rings (SSSR count). The zero-order valence-corrected chi connectivity index (χ0v) is 10.3. The highest BCUT2D eigenvalue weighted by atomic mass is 19.1. The summed E-state index contributed by atoms with van der Waals surface area (Å²) in [6, 6.07) is 3.87. The molecule has 3 heteroatoms. The van der Waals surface area contributed by atoms with Gasteiger partial charge in [-0.3, -0.25) is 0 Å². The van der Waals surface area contributed by atoms with E-state index in [4.69, 9.17) is 0 Å². The lowest BCUT2D eigenvalue weighted by atomic mass is 9.85. The molecular formula is C14H19F2N. The molecule has 0 aromatic heterocycles. The average Bonchev–Trinajstić information content (AvgIpc) is 2.70. The molecule has 94 valence electrons. The SMILES string of the molecule is CNC(c1c(F)cccc1F)C1CCCC1C. The van der Waals surface area contributed by atoms with E-state index in [1.807, 2.05) is 0 Å². The maximum atomic E-state index is 13.8. The molecule has 1 nitrogen and oxygen atoms in total. The summed E-state index contributed by atoms with van der Waals surface area (Å²) in [5, 5.41) is 3.09. The van der Waals surface area contributed by atoms with Crippen LogP contribution < -0.4 is 5.32 Å². The third kappa shape index (κ3) is 2.34. The van der Waals surface area contributed by atoms with Gasteiger partial charge >= 0.3 is 0 Å². The van der Waals surface area contributed by atoms with Gasteiger partial charge in [-0.25, -0.2) is 8.78 Å². The maximum absolute atomic E-state index is 13.8. The fraction of sp³-hybridized carbons (Fsp3) is 0.571. The molecule has 17 heavy (non-hydrogen) atoms. The van der Waals surface area contributed by atoms with Crippen LogP contribution in [-0.4, -0.2) is 7.05 Å². The highest BCUT2D eigenvalue weighted by molar-refractivity contribution is 5.24. The van der Waals surface area contributed by atoms with Crippen LogP contribution in [0.2, 0.25) is 0 Å². The summed E-state index contributed by atoms with van der Waals surface area (Å²) < 4.78 is 27.6. The molecule has 0 bridgehead atoms. The lowest BCUT2D eigenvalue weighted by Gasteiger charge is -2.27. The Hall–Kier alpha value is -0.960. The average molecular weight is 239 g/mol. The summed E-state index contributed by atoms with van der Waals surface area (Å²) in [6.07, 6.45) is 3.35. The molecule has 1 saturated carbocycles. The highest BCUT2D eigenvalue weighted by Gasteiger charge is 2.33.